The van der Waals surface area contributed by atoms with Crippen LogP contribution < -0.4 is 10.2 Å². The number of ether oxygens (including phenoxy) is 1. The Bertz CT molecular complexity index is 1170. The summed E-state index contributed by atoms with van der Waals surface area (Å²) in [7, 11) is 0. The number of anilines is 2. The third-order valence-corrected chi connectivity index (χ3v) is 8.30. The second-order valence-electron chi connectivity index (χ2n) is 8.90. The van der Waals surface area contributed by atoms with Gasteiger partial charge in [0.05, 0.1) is 41.3 Å². The molecule has 3 heterocycles. The number of aromatic nitrogens is 1. The third-order valence-electron chi connectivity index (χ3n) is 6.59. The number of aliphatic hydroxyl groups is 1. The van der Waals surface area contributed by atoms with Gasteiger partial charge in [-0.3, -0.25) is 4.90 Å². The largest absolute Gasteiger partial charge is 0.395 e. The zero-order chi connectivity index (χ0) is 23.8. The summed E-state index contributed by atoms with van der Waals surface area (Å²) in [6, 6.07) is 8.29. The van der Waals surface area contributed by atoms with Crippen LogP contribution in [0.15, 0.2) is 30.3 Å². The van der Waals surface area contributed by atoms with E-state index in [0.29, 0.717) is 34.8 Å². The molecule has 2 aliphatic rings. The van der Waals surface area contributed by atoms with Crippen molar-refractivity contribution in [2.75, 3.05) is 56.2 Å². The summed E-state index contributed by atoms with van der Waals surface area (Å²) in [5.74, 6) is 0.107. The molecule has 0 spiro atoms. The second-order valence-corrected chi connectivity index (χ2v) is 10.7. The third kappa shape index (κ3) is 4.85. The van der Waals surface area contributed by atoms with Gasteiger partial charge in [-0.15, -0.1) is 0 Å². The lowest BCUT2D eigenvalue weighted by Crippen LogP contribution is -2.57. The maximum Gasteiger partial charge on any atom is 0.186 e. The molecule has 0 bridgehead atoms. The van der Waals surface area contributed by atoms with Crippen molar-refractivity contribution in [2.45, 2.75) is 19.1 Å². The van der Waals surface area contributed by atoms with E-state index < -0.39 is 0 Å². The summed E-state index contributed by atoms with van der Waals surface area (Å²) in [6.07, 6.45) is 0.172. The minimum absolute atomic E-state index is 0.172. The van der Waals surface area contributed by atoms with E-state index >= 15 is 0 Å². The molecular weight excluding hydrogens is 498 g/mol. The lowest BCUT2D eigenvalue weighted by Gasteiger charge is -2.46. The summed E-state index contributed by atoms with van der Waals surface area (Å²) in [5, 5.41) is 14.5. The van der Waals surface area contributed by atoms with Crippen LogP contribution in [0.25, 0.3) is 10.2 Å². The molecule has 34 heavy (non-hydrogen) atoms. The van der Waals surface area contributed by atoms with Crippen molar-refractivity contribution in [3.63, 3.8) is 0 Å². The SMILES string of the molecule is C[C@@H](Nc1c(F)ccc2nc(N3CC([C@H]4CN(CCO)CCO4)C3)sc12)c1ccc(Cl)cc1Cl. The fraction of sp³-hybridized carbons (Fsp3) is 0.458. The standard InChI is InChI=1S/C24H27Cl2FN4O2S/c1-14(17-3-2-16(25)10-18(17)26)28-22-19(27)4-5-20-23(22)34-24(29-20)31-11-15(12-31)21-13-30(6-8-32)7-9-33-21/h2-5,10,14-15,21,28,32H,6-9,11-13H2,1H3/t14-,21-/m1/s1. The lowest BCUT2D eigenvalue weighted by molar-refractivity contribution is -0.0656. The van der Waals surface area contributed by atoms with Crippen molar-refractivity contribution in [3.8, 4) is 0 Å². The topological polar surface area (TPSA) is 60.9 Å². The predicted molar refractivity (Wildman–Crippen MR) is 137 cm³/mol. The van der Waals surface area contributed by atoms with E-state index in [0.717, 1.165) is 47.1 Å². The van der Waals surface area contributed by atoms with Crippen molar-refractivity contribution in [2.24, 2.45) is 5.92 Å². The first kappa shape index (κ1) is 24.0. The molecule has 0 radical (unpaired) electrons. The van der Waals surface area contributed by atoms with E-state index in [1.165, 1.54) is 17.4 Å². The quantitative estimate of drug-likeness (QED) is 0.451. The van der Waals surface area contributed by atoms with Crippen LogP contribution in [-0.4, -0.2) is 67.0 Å². The van der Waals surface area contributed by atoms with Gasteiger partial charge in [-0.05, 0) is 36.8 Å². The fourth-order valence-corrected chi connectivity index (χ4v) is 6.29. The summed E-state index contributed by atoms with van der Waals surface area (Å²) in [6.45, 7) is 6.95. The Morgan fingerprint density at radius 3 is 2.85 bits per heavy atom. The average molecular weight is 525 g/mol. The molecule has 1 aromatic heterocycles. The smallest absolute Gasteiger partial charge is 0.186 e. The number of hydrogen-bond donors (Lipinski definition) is 2. The molecule has 182 valence electrons. The zero-order valence-corrected chi connectivity index (χ0v) is 21.1. The highest BCUT2D eigenvalue weighted by Crippen LogP contribution is 2.40. The Balaban J connectivity index is 1.30. The molecule has 2 atom stereocenters. The van der Waals surface area contributed by atoms with Gasteiger partial charge in [0, 0.05) is 48.7 Å². The average Bonchev–Trinajstić information content (AvgIpc) is 3.19. The number of aliphatic hydroxyl groups excluding tert-OH is 1. The molecule has 2 aliphatic heterocycles. The molecule has 0 aliphatic carbocycles. The van der Waals surface area contributed by atoms with Gasteiger partial charge in [-0.25, -0.2) is 9.37 Å². The number of benzene rings is 2. The van der Waals surface area contributed by atoms with Gasteiger partial charge in [0.1, 0.15) is 5.82 Å². The molecule has 10 heteroatoms. The van der Waals surface area contributed by atoms with Crippen LogP contribution >= 0.6 is 34.5 Å². The zero-order valence-electron chi connectivity index (χ0n) is 18.8. The van der Waals surface area contributed by atoms with Gasteiger partial charge in [0.25, 0.3) is 0 Å². The maximum atomic E-state index is 14.9. The number of hydrogen-bond acceptors (Lipinski definition) is 7. The lowest BCUT2D eigenvalue weighted by atomic mass is 9.93. The Morgan fingerprint density at radius 1 is 1.26 bits per heavy atom. The van der Waals surface area contributed by atoms with E-state index in [9.17, 15) is 9.50 Å². The summed E-state index contributed by atoms with van der Waals surface area (Å²) in [5.41, 5.74) is 2.05. The minimum atomic E-state index is -0.319. The van der Waals surface area contributed by atoms with Crippen LogP contribution in [0.2, 0.25) is 10.0 Å². The normalized spacial score (nSPS) is 20.5. The second kappa shape index (κ2) is 10.1. The highest BCUT2D eigenvalue weighted by molar-refractivity contribution is 7.22. The number of nitrogens with one attached hydrogen (secondary N) is 1. The van der Waals surface area contributed by atoms with Crippen molar-refractivity contribution in [3.05, 3.63) is 51.8 Å². The van der Waals surface area contributed by atoms with Crippen LogP contribution in [0.5, 0.6) is 0 Å². The highest BCUT2D eigenvalue weighted by Gasteiger charge is 2.38. The fourth-order valence-electron chi connectivity index (χ4n) is 4.64. The number of halogens is 3. The van der Waals surface area contributed by atoms with Crippen LogP contribution in [-0.2, 0) is 4.74 Å². The Kier molecular flexibility index (Phi) is 7.16. The minimum Gasteiger partial charge on any atom is -0.395 e. The monoisotopic (exact) mass is 524 g/mol. The van der Waals surface area contributed by atoms with E-state index in [-0.39, 0.29) is 24.6 Å². The van der Waals surface area contributed by atoms with Crippen LogP contribution in [0.1, 0.15) is 18.5 Å². The van der Waals surface area contributed by atoms with Crippen LogP contribution in [0, 0.1) is 11.7 Å². The van der Waals surface area contributed by atoms with E-state index in [4.69, 9.17) is 32.9 Å². The Morgan fingerprint density at radius 2 is 2.09 bits per heavy atom. The van der Waals surface area contributed by atoms with Gasteiger partial charge >= 0.3 is 0 Å². The van der Waals surface area contributed by atoms with Crippen LogP contribution in [0.4, 0.5) is 15.2 Å². The molecule has 2 aromatic carbocycles. The Hall–Kier alpha value is -1.68. The summed E-state index contributed by atoms with van der Waals surface area (Å²) < 4.78 is 21.7. The first-order valence-corrected chi connectivity index (χ1v) is 13.0. The van der Waals surface area contributed by atoms with Crippen molar-refractivity contribution < 1.29 is 14.2 Å². The highest BCUT2D eigenvalue weighted by atomic mass is 35.5. The van der Waals surface area contributed by atoms with Gasteiger partial charge in [-0.1, -0.05) is 40.6 Å². The van der Waals surface area contributed by atoms with Crippen molar-refractivity contribution >= 4 is 55.6 Å². The molecule has 0 saturated carbocycles. The molecule has 5 rings (SSSR count). The number of rotatable bonds is 7. The predicted octanol–water partition coefficient (Wildman–Crippen LogP) is 5.04. The van der Waals surface area contributed by atoms with Gasteiger partial charge in [-0.2, -0.15) is 0 Å². The molecule has 2 saturated heterocycles. The number of fused-ring (bicyclic) bond motifs is 1. The van der Waals surface area contributed by atoms with Gasteiger partial charge < -0.3 is 20.1 Å². The summed E-state index contributed by atoms with van der Waals surface area (Å²) in [4.78, 5) is 9.26. The Labute approximate surface area is 212 Å². The number of nitrogens with zero attached hydrogens (tertiary/aromatic N) is 3. The summed E-state index contributed by atoms with van der Waals surface area (Å²) >= 11 is 13.9. The molecule has 2 fully saturated rings. The maximum absolute atomic E-state index is 14.9. The van der Waals surface area contributed by atoms with E-state index in [1.807, 2.05) is 13.0 Å². The van der Waals surface area contributed by atoms with Gasteiger partial charge in [0.2, 0.25) is 0 Å². The molecule has 2 N–H and O–H groups in total. The number of thiazole rings is 1. The number of morpholine rings is 1. The molecule has 6 nitrogen and oxygen atoms in total. The number of β-amino-alcohol motifs (C(OH)–C–C–N with tert-alkyl or cyclic N) is 1. The molecular formula is C24H27Cl2FN4O2S. The van der Waals surface area contributed by atoms with Gasteiger partial charge in [0.15, 0.2) is 5.13 Å². The van der Waals surface area contributed by atoms with Crippen molar-refractivity contribution in [1.29, 1.82) is 0 Å². The first-order chi connectivity index (χ1) is 16.4. The molecule has 0 unspecified atom stereocenters. The van der Waals surface area contributed by atoms with Crippen molar-refractivity contribution in [1.82, 2.24) is 9.88 Å². The van der Waals surface area contributed by atoms with Crippen LogP contribution in [0.3, 0.4) is 0 Å². The first-order valence-electron chi connectivity index (χ1n) is 11.4. The molecule has 0 amide bonds. The molecule has 3 aromatic rings. The van der Waals surface area contributed by atoms with E-state index in [1.54, 1.807) is 18.2 Å². The van der Waals surface area contributed by atoms with E-state index in [2.05, 4.69) is 15.1 Å².